The summed E-state index contributed by atoms with van der Waals surface area (Å²) in [6.07, 6.45) is 7.54. The lowest BCUT2D eigenvalue weighted by Gasteiger charge is -2.09. The Labute approximate surface area is 163 Å². The summed E-state index contributed by atoms with van der Waals surface area (Å²) < 4.78 is 10.9. The van der Waals surface area contributed by atoms with Crippen LogP contribution in [0.15, 0.2) is 47.2 Å². The van der Waals surface area contributed by atoms with Crippen LogP contribution >= 0.6 is 0 Å². The van der Waals surface area contributed by atoms with Crippen LogP contribution in [-0.4, -0.2) is 34.2 Å². The smallest absolute Gasteiger partial charge is 0.227 e. The van der Waals surface area contributed by atoms with Crippen molar-refractivity contribution >= 4 is 5.91 Å². The van der Waals surface area contributed by atoms with E-state index >= 15 is 0 Å². The lowest BCUT2D eigenvalue weighted by molar-refractivity contribution is -0.121. The molecule has 0 aliphatic heterocycles. The molecule has 0 unspecified atom stereocenters. The number of ether oxygens (including phenoxy) is 1. The SMILES string of the molecule is O=C(CCc1nc(-c2cccnc2)no1)NCCOc1ccc2c(c1)CCC2. The van der Waals surface area contributed by atoms with Crippen molar-refractivity contribution in [2.24, 2.45) is 0 Å². The van der Waals surface area contributed by atoms with Gasteiger partial charge in [0.1, 0.15) is 12.4 Å². The van der Waals surface area contributed by atoms with Gasteiger partial charge in [-0.25, -0.2) is 0 Å². The van der Waals surface area contributed by atoms with Gasteiger partial charge in [-0.2, -0.15) is 4.98 Å². The third-order valence-electron chi connectivity index (χ3n) is 4.72. The normalized spacial score (nSPS) is 12.6. The Morgan fingerprint density at radius 3 is 3.04 bits per heavy atom. The molecule has 1 N–H and O–H groups in total. The maximum absolute atomic E-state index is 12.0. The second-order valence-electron chi connectivity index (χ2n) is 6.74. The van der Waals surface area contributed by atoms with Crippen LogP contribution in [0.25, 0.3) is 11.4 Å². The minimum absolute atomic E-state index is 0.0707. The average Bonchev–Trinajstić information content (AvgIpc) is 3.39. The molecule has 0 bridgehead atoms. The fourth-order valence-corrected chi connectivity index (χ4v) is 3.27. The number of benzene rings is 1. The zero-order valence-corrected chi connectivity index (χ0v) is 15.6. The summed E-state index contributed by atoms with van der Waals surface area (Å²) in [6.45, 7) is 0.900. The van der Waals surface area contributed by atoms with Crippen molar-refractivity contribution in [3.63, 3.8) is 0 Å². The van der Waals surface area contributed by atoms with Gasteiger partial charge in [-0.05, 0) is 54.7 Å². The van der Waals surface area contributed by atoms with Crippen LogP contribution in [0.1, 0.15) is 29.9 Å². The number of nitrogens with one attached hydrogen (secondary N) is 1. The summed E-state index contributed by atoms with van der Waals surface area (Å²) in [5.41, 5.74) is 3.59. The van der Waals surface area contributed by atoms with Crippen molar-refractivity contribution in [2.45, 2.75) is 32.1 Å². The van der Waals surface area contributed by atoms with Crippen LogP contribution in [0, 0.1) is 0 Å². The van der Waals surface area contributed by atoms with Gasteiger partial charge >= 0.3 is 0 Å². The summed E-state index contributed by atoms with van der Waals surface area (Å²) in [7, 11) is 0. The highest BCUT2D eigenvalue weighted by molar-refractivity contribution is 5.76. The second kappa shape index (κ2) is 8.65. The second-order valence-corrected chi connectivity index (χ2v) is 6.74. The Bertz CT molecular complexity index is 940. The first-order valence-corrected chi connectivity index (χ1v) is 9.52. The molecular weight excluding hydrogens is 356 g/mol. The molecule has 7 heteroatoms. The van der Waals surface area contributed by atoms with Crippen molar-refractivity contribution in [1.29, 1.82) is 0 Å². The fourth-order valence-electron chi connectivity index (χ4n) is 3.27. The Balaban J connectivity index is 1.17. The molecule has 144 valence electrons. The van der Waals surface area contributed by atoms with Crippen molar-refractivity contribution in [3.8, 4) is 17.1 Å². The molecule has 7 nitrogen and oxygen atoms in total. The number of hydrogen-bond acceptors (Lipinski definition) is 6. The Hall–Kier alpha value is -3.22. The maximum atomic E-state index is 12.0. The fraction of sp³-hybridized carbons (Fsp3) is 0.333. The number of carbonyl (C=O) groups is 1. The average molecular weight is 378 g/mol. The summed E-state index contributed by atoms with van der Waals surface area (Å²) in [5, 5.41) is 6.77. The summed E-state index contributed by atoms with van der Waals surface area (Å²) in [5.74, 6) is 1.71. The topological polar surface area (TPSA) is 90.1 Å². The molecule has 0 fully saturated rings. The van der Waals surface area contributed by atoms with Crippen molar-refractivity contribution in [2.75, 3.05) is 13.2 Å². The van der Waals surface area contributed by atoms with Crippen LogP contribution in [-0.2, 0) is 24.1 Å². The first-order chi connectivity index (χ1) is 13.8. The third kappa shape index (κ3) is 4.54. The lowest BCUT2D eigenvalue weighted by Crippen LogP contribution is -2.28. The molecule has 0 saturated carbocycles. The largest absolute Gasteiger partial charge is 0.492 e. The van der Waals surface area contributed by atoms with E-state index in [1.165, 1.54) is 17.5 Å². The molecule has 0 atom stereocenters. The molecule has 3 aromatic rings. The molecular formula is C21H22N4O3. The van der Waals surface area contributed by atoms with Gasteiger partial charge in [-0.15, -0.1) is 0 Å². The van der Waals surface area contributed by atoms with Gasteiger partial charge in [-0.1, -0.05) is 11.2 Å². The van der Waals surface area contributed by atoms with E-state index in [4.69, 9.17) is 9.26 Å². The third-order valence-corrected chi connectivity index (χ3v) is 4.72. The maximum Gasteiger partial charge on any atom is 0.227 e. The Morgan fingerprint density at radius 1 is 1.21 bits per heavy atom. The summed E-state index contributed by atoms with van der Waals surface area (Å²) in [4.78, 5) is 20.3. The number of fused-ring (bicyclic) bond motifs is 1. The molecule has 28 heavy (non-hydrogen) atoms. The van der Waals surface area contributed by atoms with Gasteiger partial charge in [0, 0.05) is 30.8 Å². The lowest BCUT2D eigenvalue weighted by atomic mass is 10.1. The number of rotatable bonds is 8. The molecule has 2 heterocycles. The van der Waals surface area contributed by atoms with E-state index < -0.39 is 0 Å². The van der Waals surface area contributed by atoms with E-state index in [2.05, 4.69) is 32.6 Å². The van der Waals surface area contributed by atoms with Crippen molar-refractivity contribution in [1.82, 2.24) is 20.4 Å². The molecule has 0 radical (unpaired) electrons. The first-order valence-electron chi connectivity index (χ1n) is 9.52. The van der Waals surface area contributed by atoms with E-state index in [0.29, 0.717) is 31.3 Å². The van der Waals surface area contributed by atoms with Crippen molar-refractivity contribution in [3.05, 3.63) is 59.7 Å². The molecule has 1 aliphatic rings. The summed E-state index contributed by atoms with van der Waals surface area (Å²) >= 11 is 0. The Kier molecular flexibility index (Phi) is 5.61. The molecule has 1 aromatic carbocycles. The van der Waals surface area contributed by atoms with Crippen LogP contribution in [0.2, 0.25) is 0 Å². The number of pyridine rings is 1. The predicted molar refractivity (Wildman–Crippen MR) is 103 cm³/mol. The van der Waals surface area contributed by atoms with E-state index in [-0.39, 0.29) is 12.3 Å². The highest BCUT2D eigenvalue weighted by atomic mass is 16.5. The number of carbonyl (C=O) groups excluding carboxylic acids is 1. The molecule has 2 aromatic heterocycles. The standard InChI is InChI=1S/C21H22N4O3/c26-19(8-9-20-24-21(25-28-20)17-5-2-10-22-14-17)23-11-12-27-18-7-6-15-3-1-4-16(15)13-18/h2,5-7,10,13-14H,1,3-4,8-9,11-12H2,(H,23,26). The monoisotopic (exact) mass is 378 g/mol. The minimum Gasteiger partial charge on any atom is -0.492 e. The number of aryl methyl sites for hydroxylation is 3. The highest BCUT2D eigenvalue weighted by Crippen LogP contribution is 2.25. The zero-order chi connectivity index (χ0) is 19.2. The molecule has 0 saturated heterocycles. The zero-order valence-electron chi connectivity index (χ0n) is 15.6. The summed E-state index contributed by atoms with van der Waals surface area (Å²) in [6, 6.07) is 9.92. The highest BCUT2D eigenvalue weighted by Gasteiger charge is 2.12. The molecule has 4 rings (SSSR count). The molecule has 0 spiro atoms. The van der Waals surface area contributed by atoms with Crippen LogP contribution in [0.4, 0.5) is 0 Å². The van der Waals surface area contributed by atoms with E-state index in [9.17, 15) is 4.79 Å². The number of amides is 1. The molecule has 1 amide bonds. The number of aromatic nitrogens is 3. The van der Waals surface area contributed by atoms with Gasteiger partial charge in [0.15, 0.2) is 0 Å². The van der Waals surface area contributed by atoms with E-state index in [0.717, 1.165) is 24.2 Å². The first kappa shape index (κ1) is 18.2. The van der Waals surface area contributed by atoms with Crippen LogP contribution < -0.4 is 10.1 Å². The quantitative estimate of drug-likeness (QED) is 0.606. The van der Waals surface area contributed by atoms with Gasteiger partial charge in [-0.3, -0.25) is 9.78 Å². The van der Waals surface area contributed by atoms with Crippen molar-refractivity contribution < 1.29 is 14.1 Å². The van der Waals surface area contributed by atoms with Crippen LogP contribution in [0.3, 0.4) is 0 Å². The van der Waals surface area contributed by atoms with Gasteiger partial charge in [0.2, 0.25) is 17.6 Å². The minimum atomic E-state index is -0.0707. The van der Waals surface area contributed by atoms with E-state index in [1.807, 2.05) is 18.2 Å². The van der Waals surface area contributed by atoms with Gasteiger partial charge < -0.3 is 14.6 Å². The predicted octanol–water partition coefficient (Wildman–Crippen LogP) is 2.75. The molecule has 1 aliphatic carbocycles. The van der Waals surface area contributed by atoms with Gasteiger partial charge in [0.05, 0.1) is 6.54 Å². The number of nitrogens with zero attached hydrogens (tertiary/aromatic N) is 3. The van der Waals surface area contributed by atoms with Gasteiger partial charge in [0.25, 0.3) is 0 Å². The Morgan fingerprint density at radius 2 is 2.14 bits per heavy atom. The van der Waals surface area contributed by atoms with E-state index in [1.54, 1.807) is 12.4 Å². The van der Waals surface area contributed by atoms with Crippen LogP contribution in [0.5, 0.6) is 5.75 Å². The number of hydrogen-bond donors (Lipinski definition) is 1.